The lowest BCUT2D eigenvalue weighted by Crippen LogP contribution is -2.41. The summed E-state index contributed by atoms with van der Waals surface area (Å²) >= 11 is 0. The Balaban J connectivity index is 2.11. The quantitative estimate of drug-likeness (QED) is 0.830. The van der Waals surface area contributed by atoms with Gasteiger partial charge in [0.1, 0.15) is 11.5 Å². The van der Waals surface area contributed by atoms with Crippen molar-refractivity contribution >= 4 is 15.9 Å². The molecule has 0 unspecified atom stereocenters. The number of rotatable bonds is 4. The van der Waals surface area contributed by atoms with Crippen LogP contribution in [0.2, 0.25) is 0 Å². The number of hydrogen-bond acceptors (Lipinski definition) is 4. The van der Waals surface area contributed by atoms with Gasteiger partial charge in [0.05, 0.1) is 10.5 Å². The number of hydrogen-bond donors (Lipinski definition) is 2. The summed E-state index contributed by atoms with van der Waals surface area (Å²) in [5.74, 6) is 0.441. The Bertz CT molecular complexity index is 844. The van der Waals surface area contributed by atoms with Crippen molar-refractivity contribution in [2.45, 2.75) is 44.9 Å². The SMILES string of the molecule is Cc1cc(C(=O)NNS(=O)(=O)c2ccc(C(C)(C)C)cc2)c(C)o1. The summed E-state index contributed by atoms with van der Waals surface area (Å²) in [6.07, 6.45) is 0. The van der Waals surface area contributed by atoms with Gasteiger partial charge in [-0.2, -0.15) is 0 Å². The predicted octanol–water partition coefficient (Wildman–Crippen LogP) is 2.82. The topological polar surface area (TPSA) is 88.4 Å². The fourth-order valence-electron chi connectivity index (χ4n) is 2.23. The summed E-state index contributed by atoms with van der Waals surface area (Å²) < 4.78 is 29.8. The molecule has 2 N–H and O–H groups in total. The van der Waals surface area contributed by atoms with E-state index >= 15 is 0 Å². The average Bonchev–Trinajstić information content (AvgIpc) is 2.83. The van der Waals surface area contributed by atoms with Gasteiger partial charge in [0, 0.05) is 0 Å². The summed E-state index contributed by atoms with van der Waals surface area (Å²) in [4.78, 5) is 14.2. The van der Waals surface area contributed by atoms with Gasteiger partial charge in [-0.3, -0.25) is 10.2 Å². The van der Waals surface area contributed by atoms with Crippen LogP contribution in [0, 0.1) is 13.8 Å². The number of carbonyl (C=O) groups excluding carboxylic acids is 1. The van der Waals surface area contributed by atoms with Crippen molar-refractivity contribution in [1.82, 2.24) is 10.3 Å². The second kappa shape index (κ2) is 6.41. The molecule has 0 aliphatic rings. The van der Waals surface area contributed by atoms with E-state index in [1.807, 2.05) is 20.8 Å². The van der Waals surface area contributed by atoms with Crippen molar-refractivity contribution in [2.75, 3.05) is 0 Å². The largest absolute Gasteiger partial charge is 0.466 e. The zero-order valence-electron chi connectivity index (χ0n) is 14.4. The van der Waals surface area contributed by atoms with Crippen LogP contribution in [-0.2, 0) is 15.4 Å². The third kappa shape index (κ3) is 4.04. The van der Waals surface area contributed by atoms with Gasteiger partial charge in [0.15, 0.2) is 0 Å². The maximum absolute atomic E-state index is 12.3. The van der Waals surface area contributed by atoms with Crippen molar-refractivity contribution in [3.63, 3.8) is 0 Å². The minimum absolute atomic E-state index is 0.0688. The van der Waals surface area contributed by atoms with Crippen LogP contribution in [0.25, 0.3) is 0 Å². The first kappa shape index (κ1) is 18.2. The summed E-state index contributed by atoms with van der Waals surface area (Å²) in [5, 5.41) is 0. The number of aryl methyl sites for hydroxylation is 2. The highest BCUT2D eigenvalue weighted by Gasteiger charge is 2.20. The highest BCUT2D eigenvalue weighted by atomic mass is 32.2. The summed E-state index contributed by atoms with van der Waals surface area (Å²) in [6, 6.07) is 8.11. The van der Waals surface area contributed by atoms with Crippen molar-refractivity contribution in [1.29, 1.82) is 0 Å². The van der Waals surface area contributed by atoms with Gasteiger partial charge in [-0.25, -0.2) is 8.42 Å². The Morgan fingerprint density at radius 1 is 1.08 bits per heavy atom. The van der Waals surface area contributed by atoms with E-state index in [1.165, 1.54) is 12.1 Å². The third-order valence-electron chi connectivity index (χ3n) is 3.62. The number of furan rings is 1. The molecule has 6 nitrogen and oxygen atoms in total. The Morgan fingerprint density at radius 2 is 1.67 bits per heavy atom. The summed E-state index contributed by atoms with van der Waals surface area (Å²) in [6.45, 7) is 9.49. The Hall–Kier alpha value is -2.12. The summed E-state index contributed by atoms with van der Waals surface area (Å²) in [7, 11) is -3.84. The minimum Gasteiger partial charge on any atom is -0.466 e. The molecule has 24 heavy (non-hydrogen) atoms. The molecule has 1 aromatic heterocycles. The number of hydrazine groups is 1. The first-order chi connectivity index (χ1) is 11.0. The van der Waals surface area contributed by atoms with Crippen LogP contribution in [0.4, 0.5) is 0 Å². The molecule has 2 rings (SSSR count). The summed E-state index contributed by atoms with van der Waals surface area (Å²) in [5.41, 5.74) is 3.44. The minimum atomic E-state index is -3.84. The standard InChI is InChI=1S/C17H22N2O4S/c1-11-10-15(12(2)23-11)16(20)18-19-24(21,22)14-8-6-13(7-9-14)17(3,4)5/h6-10,19H,1-5H3,(H,18,20). The van der Waals surface area contributed by atoms with Gasteiger partial charge in [0.2, 0.25) is 0 Å². The van der Waals surface area contributed by atoms with Crippen LogP contribution < -0.4 is 10.3 Å². The molecule has 0 atom stereocenters. The molecular formula is C17H22N2O4S. The Morgan fingerprint density at radius 3 is 2.12 bits per heavy atom. The number of carbonyl (C=O) groups is 1. The van der Waals surface area contributed by atoms with Gasteiger partial charge >= 0.3 is 0 Å². The molecule has 0 radical (unpaired) electrons. The second-order valence-corrected chi connectivity index (χ2v) is 8.34. The lowest BCUT2D eigenvalue weighted by Gasteiger charge is -2.19. The molecule has 2 aromatic rings. The van der Waals surface area contributed by atoms with E-state index in [0.717, 1.165) is 5.56 Å². The van der Waals surface area contributed by atoms with E-state index in [-0.39, 0.29) is 10.3 Å². The number of benzene rings is 1. The molecule has 0 aliphatic carbocycles. The fourth-order valence-corrected chi connectivity index (χ4v) is 3.07. The molecule has 0 bridgehead atoms. The zero-order chi connectivity index (χ0) is 18.1. The lowest BCUT2D eigenvalue weighted by atomic mass is 9.87. The lowest BCUT2D eigenvalue weighted by molar-refractivity contribution is 0.0943. The molecular weight excluding hydrogens is 328 g/mol. The van der Waals surface area contributed by atoms with Crippen LogP contribution in [0.1, 0.15) is 48.2 Å². The molecule has 1 heterocycles. The zero-order valence-corrected chi connectivity index (χ0v) is 15.2. The van der Waals surface area contributed by atoms with Gasteiger partial charge in [-0.1, -0.05) is 32.9 Å². The Labute approximate surface area is 142 Å². The maximum atomic E-state index is 12.3. The maximum Gasteiger partial charge on any atom is 0.269 e. The van der Waals surface area contributed by atoms with Crippen molar-refractivity contribution in [2.24, 2.45) is 0 Å². The smallest absolute Gasteiger partial charge is 0.269 e. The molecule has 0 fully saturated rings. The van der Waals surface area contributed by atoms with Gasteiger partial charge in [0.25, 0.3) is 15.9 Å². The van der Waals surface area contributed by atoms with E-state index in [4.69, 9.17) is 4.42 Å². The van der Waals surface area contributed by atoms with Gasteiger partial charge < -0.3 is 4.42 Å². The molecule has 0 spiro atoms. The van der Waals surface area contributed by atoms with Crippen LogP contribution >= 0.6 is 0 Å². The first-order valence-electron chi connectivity index (χ1n) is 7.50. The number of sulfonamides is 1. The Kier molecular flexibility index (Phi) is 4.87. The monoisotopic (exact) mass is 350 g/mol. The molecule has 0 aliphatic heterocycles. The van der Waals surface area contributed by atoms with Gasteiger partial charge in [-0.15, -0.1) is 4.83 Å². The highest BCUT2D eigenvalue weighted by molar-refractivity contribution is 7.89. The third-order valence-corrected chi connectivity index (χ3v) is 4.88. The normalized spacial score (nSPS) is 12.2. The average molecular weight is 350 g/mol. The molecule has 7 heteroatoms. The van der Waals surface area contributed by atoms with Crippen LogP contribution in [0.5, 0.6) is 0 Å². The number of amides is 1. The first-order valence-corrected chi connectivity index (χ1v) is 8.99. The van der Waals surface area contributed by atoms with Crippen molar-refractivity contribution in [3.8, 4) is 0 Å². The van der Waals surface area contributed by atoms with Gasteiger partial charge in [-0.05, 0) is 43.0 Å². The van der Waals surface area contributed by atoms with Crippen LogP contribution in [-0.4, -0.2) is 14.3 Å². The molecule has 0 saturated heterocycles. The van der Waals surface area contributed by atoms with E-state index in [1.54, 1.807) is 32.0 Å². The fraction of sp³-hybridized carbons (Fsp3) is 0.353. The van der Waals surface area contributed by atoms with E-state index in [9.17, 15) is 13.2 Å². The van der Waals surface area contributed by atoms with E-state index in [2.05, 4.69) is 10.3 Å². The molecule has 1 amide bonds. The predicted molar refractivity (Wildman–Crippen MR) is 91.1 cm³/mol. The molecule has 1 aromatic carbocycles. The molecule has 130 valence electrons. The highest BCUT2D eigenvalue weighted by Crippen LogP contribution is 2.23. The van der Waals surface area contributed by atoms with E-state index in [0.29, 0.717) is 17.1 Å². The van der Waals surface area contributed by atoms with Crippen molar-refractivity contribution in [3.05, 3.63) is 53.0 Å². The number of nitrogens with one attached hydrogen (secondary N) is 2. The van der Waals surface area contributed by atoms with Crippen LogP contribution in [0.3, 0.4) is 0 Å². The van der Waals surface area contributed by atoms with E-state index < -0.39 is 15.9 Å². The van der Waals surface area contributed by atoms with Crippen LogP contribution in [0.15, 0.2) is 39.6 Å². The molecule has 0 saturated carbocycles. The van der Waals surface area contributed by atoms with Crippen molar-refractivity contribution < 1.29 is 17.6 Å². The second-order valence-electron chi connectivity index (χ2n) is 6.66.